The number of carboxylic acids is 1. The van der Waals surface area contributed by atoms with Crippen molar-refractivity contribution >= 4 is 21.9 Å². The predicted octanol–water partition coefficient (Wildman–Crippen LogP) is 3.38. The van der Waals surface area contributed by atoms with Gasteiger partial charge in [-0.3, -0.25) is 4.79 Å². The average Bonchev–Trinajstić information content (AvgIpc) is 2.13. The SMILES string of the molecule is CC(C)(Cc1cc(F)c(F)c(Br)c1)C(=O)O. The van der Waals surface area contributed by atoms with Crippen molar-refractivity contribution in [1.29, 1.82) is 0 Å². The van der Waals surface area contributed by atoms with Crippen LogP contribution in [0.4, 0.5) is 8.78 Å². The zero-order valence-electron chi connectivity index (χ0n) is 8.85. The second-order valence-electron chi connectivity index (χ2n) is 4.24. The van der Waals surface area contributed by atoms with Crippen LogP contribution in [0.1, 0.15) is 19.4 Å². The third-order valence-electron chi connectivity index (χ3n) is 2.27. The summed E-state index contributed by atoms with van der Waals surface area (Å²) in [5, 5.41) is 8.92. The first-order chi connectivity index (χ1) is 7.24. The van der Waals surface area contributed by atoms with Crippen molar-refractivity contribution < 1.29 is 18.7 Å². The zero-order chi connectivity index (χ0) is 12.5. The molecule has 0 aliphatic rings. The van der Waals surface area contributed by atoms with E-state index in [1.165, 1.54) is 19.9 Å². The lowest BCUT2D eigenvalue weighted by Gasteiger charge is -2.19. The minimum atomic E-state index is -1.01. The summed E-state index contributed by atoms with van der Waals surface area (Å²) >= 11 is 2.88. The van der Waals surface area contributed by atoms with Gasteiger partial charge in [0.25, 0.3) is 0 Å². The standard InChI is InChI=1S/C11H11BrF2O2/c1-11(2,10(15)16)5-6-3-7(12)9(14)8(13)4-6/h3-4H,5H2,1-2H3,(H,15,16). The maximum Gasteiger partial charge on any atom is 0.309 e. The molecule has 0 spiro atoms. The molecule has 0 heterocycles. The number of halogens is 3. The number of carboxylic acid groups (broad SMARTS) is 1. The summed E-state index contributed by atoms with van der Waals surface area (Å²) in [5.41, 5.74) is -0.567. The van der Waals surface area contributed by atoms with Crippen molar-refractivity contribution in [1.82, 2.24) is 0 Å². The summed E-state index contributed by atoms with van der Waals surface area (Å²) in [6, 6.07) is 2.41. The summed E-state index contributed by atoms with van der Waals surface area (Å²) in [4.78, 5) is 10.9. The molecule has 0 atom stereocenters. The minimum Gasteiger partial charge on any atom is -0.481 e. The molecule has 0 radical (unpaired) electrons. The maximum absolute atomic E-state index is 13.1. The number of carbonyl (C=O) groups is 1. The lowest BCUT2D eigenvalue weighted by Crippen LogP contribution is -2.26. The Morgan fingerprint density at radius 2 is 2.00 bits per heavy atom. The van der Waals surface area contributed by atoms with Gasteiger partial charge in [-0.1, -0.05) is 0 Å². The summed E-state index contributed by atoms with van der Waals surface area (Å²) < 4.78 is 26.0. The Hall–Kier alpha value is -0.970. The molecule has 0 aliphatic carbocycles. The van der Waals surface area contributed by atoms with E-state index in [1.807, 2.05) is 0 Å². The Kier molecular flexibility index (Phi) is 3.68. The lowest BCUT2D eigenvalue weighted by molar-refractivity contribution is -0.146. The fraction of sp³-hybridized carbons (Fsp3) is 0.364. The molecular formula is C11H11BrF2O2. The molecule has 2 nitrogen and oxygen atoms in total. The largest absolute Gasteiger partial charge is 0.481 e. The van der Waals surface area contributed by atoms with Crippen molar-refractivity contribution in [3.05, 3.63) is 33.8 Å². The highest BCUT2D eigenvalue weighted by molar-refractivity contribution is 9.10. The summed E-state index contributed by atoms with van der Waals surface area (Å²) in [6.07, 6.45) is 0.137. The molecule has 5 heteroatoms. The van der Waals surface area contributed by atoms with E-state index in [2.05, 4.69) is 15.9 Å². The van der Waals surface area contributed by atoms with Crippen molar-refractivity contribution in [2.75, 3.05) is 0 Å². The molecule has 0 aliphatic heterocycles. The number of rotatable bonds is 3. The van der Waals surface area contributed by atoms with Gasteiger partial charge in [-0.15, -0.1) is 0 Å². The average molecular weight is 293 g/mol. The molecule has 0 bridgehead atoms. The molecule has 88 valence electrons. The number of aliphatic carboxylic acids is 1. The van der Waals surface area contributed by atoms with Gasteiger partial charge >= 0.3 is 5.97 Å². The van der Waals surface area contributed by atoms with Gasteiger partial charge in [0, 0.05) is 0 Å². The Bertz CT molecular complexity index is 407. The van der Waals surface area contributed by atoms with Gasteiger partial charge < -0.3 is 5.11 Å². The normalized spacial score (nSPS) is 11.6. The second kappa shape index (κ2) is 4.49. The quantitative estimate of drug-likeness (QED) is 0.867. The molecule has 16 heavy (non-hydrogen) atoms. The summed E-state index contributed by atoms with van der Waals surface area (Å²) in [5.74, 6) is -2.92. The van der Waals surface area contributed by atoms with E-state index in [0.717, 1.165) is 6.07 Å². The molecular weight excluding hydrogens is 282 g/mol. The van der Waals surface area contributed by atoms with Gasteiger partial charge in [0.15, 0.2) is 11.6 Å². The Labute approximate surface area is 100 Å². The molecule has 0 amide bonds. The van der Waals surface area contributed by atoms with Crippen LogP contribution in [0.5, 0.6) is 0 Å². The third-order valence-corrected chi connectivity index (χ3v) is 2.85. The third kappa shape index (κ3) is 2.78. The van der Waals surface area contributed by atoms with Crippen molar-refractivity contribution in [2.45, 2.75) is 20.3 Å². The van der Waals surface area contributed by atoms with Gasteiger partial charge in [-0.25, -0.2) is 8.78 Å². The fourth-order valence-corrected chi connectivity index (χ4v) is 1.78. The van der Waals surface area contributed by atoms with Crippen LogP contribution >= 0.6 is 15.9 Å². The smallest absolute Gasteiger partial charge is 0.309 e. The van der Waals surface area contributed by atoms with E-state index in [-0.39, 0.29) is 10.9 Å². The molecule has 0 aromatic heterocycles. The molecule has 1 rings (SSSR count). The van der Waals surface area contributed by atoms with Crippen molar-refractivity contribution in [3.8, 4) is 0 Å². The van der Waals surface area contributed by atoms with Crippen molar-refractivity contribution in [2.24, 2.45) is 5.41 Å². The first-order valence-electron chi connectivity index (χ1n) is 4.61. The first-order valence-corrected chi connectivity index (χ1v) is 5.40. The van der Waals surface area contributed by atoms with Crippen LogP contribution < -0.4 is 0 Å². The molecule has 1 aromatic carbocycles. The molecule has 0 fully saturated rings. The minimum absolute atomic E-state index is 0.00342. The zero-order valence-corrected chi connectivity index (χ0v) is 10.4. The van der Waals surface area contributed by atoms with Crippen LogP contribution in [-0.2, 0) is 11.2 Å². The molecule has 1 N–H and O–H groups in total. The van der Waals surface area contributed by atoms with Crippen LogP contribution in [0.15, 0.2) is 16.6 Å². The monoisotopic (exact) mass is 292 g/mol. The lowest BCUT2D eigenvalue weighted by atomic mass is 9.86. The molecule has 1 aromatic rings. The molecule has 0 unspecified atom stereocenters. The van der Waals surface area contributed by atoms with Gasteiger partial charge in [0.2, 0.25) is 0 Å². The van der Waals surface area contributed by atoms with E-state index >= 15 is 0 Å². The van der Waals surface area contributed by atoms with Crippen LogP contribution in [0.25, 0.3) is 0 Å². The van der Waals surface area contributed by atoms with Crippen LogP contribution in [0.2, 0.25) is 0 Å². The number of benzene rings is 1. The Morgan fingerprint density at radius 3 is 2.44 bits per heavy atom. The Morgan fingerprint density at radius 1 is 1.44 bits per heavy atom. The summed E-state index contributed by atoms with van der Waals surface area (Å²) in [6.45, 7) is 3.06. The van der Waals surface area contributed by atoms with Gasteiger partial charge in [0.1, 0.15) is 0 Å². The Balaban J connectivity index is 3.04. The second-order valence-corrected chi connectivity index (χ2v) is 5.09. The maximum atomic E-state index is 13.1. The van der Waals surface area contributed by atoms with E-state index in [4.69, 9.17) is 5.11 Å². The molecule has 0 saturated heterocycles. The van der Waals surface area contributed by atoms with Crippen LogP contribution in [0.3, 0.4) is 0 Å². The van der Waals surface area contributed by atoms with E-state index < -0.39 is 23.0 Å². The highest BCUT2D eigenvalue weighted by atomic mass is 79.9. The van der Waals surface area contributed by atoms with E-state index in [0.29, 0.717) is 5.56 Å². The van der Waals surface area contributed by atoms with E-state index in [1.54, 1.807) is 0 Å². The van der Waals surface area contributed by atoms with E-state index in [9.17, 15) is 13.6 Å². The topological polar surface area (TPSA) is 37.3 Å². The number of hydrogen-bond donors (Lipinski definition) is 1. The predicted molar refractivity (Wildman–Crippen MR) is 59.2 cm³/mol. The van der Waals surface area contributed by atoms with Gasteiger partial charge in [-0.2, -0.15) is 0 Å². The van der Waals surface area contributed by atoms with Gasteiger partial charge in [-0.05, 0) is 53.9 Å². The fourth-order valence-electron chi connectivity index (χ4n) is 1.30. The summed E-state index contributed by atoms with van der Waals surface area (Å²) in [7, 11) is 0. The van der Waals surface area contributed by atoms with Crippen LogP contribution in [0, 0.1) is 17.0 Å². The van der Waals surface area contributed by atoms with Gasteiger partial charge in [0.05, 0.1) is 9.89 Å². The molecule has 0 saturated carbocycles. The highest BCUT2D eigenvalue weighted by Gasteiger charge is 2.28. The van der Waals surface area contributed by atoms with Crippen molar-refractivity contribution in [3.63, 3.8) is 0 Å². The number of hydrogen-bond acceptors (Lipinski definition) is 1. The highest BCUT2D eigenvalue weighted by Crippen LogP contribution is 2.26. The first kappa shape index (κ1) is 13.1. The van der Waals surface area contributed by atoms with Crippen LogP contribution in [-0.4, -0.2) is 11.1 Å².